The highest BCUT2D eigenvalue weighted by atomic mass is 32.2. The largest absolute Gasteiger partial charge is 0.277 e. The molecule has 0 amide bonds. The van der Waals surface area contributed by atoms with E-state index in [-0.39, 0.29) is 10.6 Å². The first-order valence-electron chi connectivity index (χ1n) is 5.85. The standard InChI is InChI=1S/C14H13F2NO2S/c1-9-3-6-13(12(16)7-9)17-20(18,19)14-8-11(15)5-4-10(14)2/h3-8,17H,1-2H3. The van der Waals surface area contributed by atoms with Gasteiger partial charge in [0.25, 0.3) is 10.0 Å². The third-order valence-electron chi connectivity index (χ3n) is 2.81. The molecule has 6 heteroatoms. The van der Waals surface area contributed by atoms with Crippen LogP contribution in [0.15, 0.2) is 41.3 Å². The molecular weight excluding hydrogens is 284 g/mol. The Morgan fingerprint density at radius 3 is 2.35 bits per heavy atom. The van der Waals surface area contributed by atoms with Gasteiger partial charge in [-0.25, -0.2) is 17.2 Å². The van der Waals surface area contributed by atoms with Crippen molar-refractivity contribution < 1.29 is 17.2 Å². The molecule has 0 saturated carbocycles. The van der Waals surface area contributed by atoms with E-state index in [4.69, 9.17) is 0 Å². The summed E-state index contributed by atoms with van der Waals surface area (Å²) in [4.78, 5) is -0.211. The first-order chi connectivity index (χ1) is 9.29. The van der Waals surface area contributed by atoms with Gasteiger partial charge in [0, 0.05) is 0 Å². The lowest BCUT2D eigenvalue weighted by Gasteiger charge is -2.11. The second-order valence-corrected chi connectivity index (χ2v) is 6.15. The Hall–Kier alpha value is -1.95. The van der Waals surface area contributed by atoms with Gasteiger partial charge in [0.05, 0.1) is 10.6 Å². The maximum Gasteiger partial charge on any atom is 0.262 e. The fourth-order valence-electron chi connectivity index (χ4n) is 1.77. The molecule has 2 aromatic rings. The molecule has 0 aliphatic carbocycles. The summed E-state index contributed by atoms with van der Waals surface area (Å²) in [6.07, 6.45) is 0. The number of aryl methyl sites for hydroxylation is 2. The monoisotopic (exact) mass is 297 g/mol. The van der Waals surface area contributed by atoms with Crippen molar-refractivity contribution in [2.45, 2.75) is 18.7 Å². The molecule has 0 aromatic heterocycles. The third-order valence-corrected chi connectivity index (χ3v) is 4.32. The van der Waals surface area contributed by atoms with Gasteiger partial charge in [-0.2, -0.15) is 0 Å². The Labute approximate surface area is 116 Å². The van der Waals surface area contributed by atoms with Crippen molar-refractivity contribution in [3.05, 3.63) is 59.2 Å². The molecular formula is C14H13F2NO2S. The van der Waals surface area contributed by atoms with Gasteiger partial charge in [0.15, 0.2) is 0 Å². The van der Waals surface area contributed by atoms with Crippen LogP contribution in [0.2, 0.25) is 0 Å². The number of halogens is 2. The summed E-state index contributed by atoms with van der Waals surface area (Å²) < 4.78 is 53.3. The van der Waals surface area contributed by atoms with E-state index in [2.05, 4.69) is 4.72 Å². The summed E-state index contributed by atoms with van der Waals surface area (Å²) in [5.41, 5.74) is 0.887. The van der Waals surface area contributed by atoms with Crippen molar-refractivity contribution in [2.24, 2.45) is 0 Å². The molecule has 0 bridgehead atoms. The number of nitrogens with one attached hydrogen (secondary N) is 1. The molecule has 3 nitrogen and oxygen atoms in total. The number of sulfonamides is 1. The second-order valence-electron chi connectivity index (χ2n) is 4.50. The number of anilines is 1. The minimum atomic E-state index is -4.03. The fourth-order valence-corrected chi connectivity index (χ4v) is 3.09. The molecule has 0 unspecified atom stereocenters. The number of benzene rings is 2. The van der Waals surface area contributed by atoms with Gasteiger partial charge in [0.1, 0.15) is 11.6 Å². The minimum Gasteiger partial charge on any atom is -0.277 e. The highest BCUT2D eigenvalue weighted by molar-refractivity contribution is 7.92. The molecule has 1 N–H and O–H groups in total. The van der Waals surface area contributed by atoms with E-state index in [0.717, 1.165) is 6.07 Å². The van der Waals surface area contributed by atoms with Crippen LogP contribution in [-0.4, -0.2) is 8.42 Å². The Balaban J connectivity index is 2.43. The van der Waals surface area contributed by atoms with Crippen molar-refractivity contribution in [3.63, 3.8) is 0 Å². The van der Waals surface area contributed by atoms with E-state index in [1.165, 1.54) is 24.3 Å². The molecule has 0 spiro atoms. The molecule has 106 valence electrons. The van der Waals surface area contributed by atoms with Crippen LogP contribution in [0.3, 0.4) is 0 Å². The van der Waals surface area contributed by atoms with Crippen LogP contribution < -0.4 is 4.72 Å². The molecule has 2 aromatic carbocycles. The Morgan fingerprint density at radius 1 is 1.00 bits per heavy atom. The molecule has 0 saturated heterocycles. The smallest absolute Gasteiger partial charge is 0.262 e. The lowest BCUT2D eigenvalue weighted by atomic mass is 10.2. The lowest BCUT2D eigenvalue weighted by Crippen LogP contribution is -2.15. The van der Waals surface area contributed by atoms with E-state index in [9.17, 15) is 17.2 Å². The molecule has 0 aliphatic heterocycles. The van der Waals surface area contributed by atoms with Crippen molar-refractivity contribution >= 4 is 15.7 Å². The van der Waals surface area contributed by atoms with Gasteiger partial charge in [-0.3, -0.25) is 4.72 Å². The minimum absolute atomic E-state index is 0.167. The van der Waals surface area contributed by atoms with E-state index < -0.39 is 21.7 Å². The van der Waals surface area contributed by atoms with Crippen molar-refractivity contribution in [3.8, 4) is 0 Å². The van der Waals surface area contributed by atoms with Crippen LogP contribution in [0, 0.1) is 25.5 Å². The van der Waals surface area contributed by atoms with Crippen LogP contribution in [0.5, 0.6) is 0 Å². The zero-order chi connectivity index (χ0) is 14.9. The van der Waals surface area contributed by atoms with Gasteiger partial charge >= 0.3 is 0 Å². The van der Waals surface area contributed by atoms with Gasteiger partial charge < -0.3 is 0 Å². The van der Waals surface area contributed by atoms with Crippen molar-refractivity contribution in [2.75, 3.05) is 4.72 Å². The number of hydrogen-bond acceptors (Lipinski definition) is 2. The first-order valence-corrected chi connectivity index (χ1v) is 7.33. The highest BCUT2D eigenvalue weighted by Gasteiger charge is 2.19. The zero-order valence-corrected chi connectivity index (χ0v) is 11.8. The quantitative estimate of drug-likeness (QED) is 0.944. The maximum absolute atomic E-state index is 13.7. The molecule has 0 fully saturated rings. The molecule has 0 aliphatic rings. The molecule has 20 heavy (non-hydrogen) atoms. The van der Waals surface area contributed by atoms with E-state index in [0.29, 0.717) is 11.1 Å². The van der Waals surface area contributed by atoms with Crippen LogP contribution in [0.1, 0.15) is 11.1 Å². The van der Waals surface area contributed by atoms with E-state index >= 15 is 0 Å². The predicted octanol–water partition coefficient (Wildman–Crippen LogP) is 3.38. The number of hydrogen-bond donors (Lipinski definition) is 1. The maximum atomic E-state index is 13.7. The summed E-state index contributed by atoms with van der Waals surface area (Å²) in [5, 5.41) is 0. The molecule has 0 radical (unpaired) electrons. The van der Waals surface area contributed by atoms with E-state index in [1.54, 1.807) is 19.9 Å². The van der Waals surface area contributed by atoms with Crippen molar-refractivity contribution in [1.82, 2.24) is 0 Å². The van der Waals surface area contributed by atoms with Gasteiger partial charge in [-0.05, 0) is 49.2 Å². The van der Waals surface area contributed by atoms with Gasteiger partial charge in [0.2, 0.25) is 0 Å². The zero-order valence-electron chi connectivity index (χ0n) is 10.9. The number of rotatable bonds is 3. The SMILES string of the molecule is Cc1ccc(NS(=O)(=O)c2cc(F)ccc2C)c(F)c1. The normalized spacial score (nSPS) is 11.4. The van der Waals surface area contributed by atoms with Crippen LogP contribution in [-0.2, 0) is 10.0 Å². The molecule has 2 rings (SSSR count). The molecule has 0 heterocycles. The van der Waals surface area contributed by atoms with E-state index in [1.807, 2.05) is 0 Å². The van der Waals surface area contributed by atoms with Crippen LogP contribution >= 0.6 is 0 Å². The van der Waals surface area contributed by atoms with Crippen LogP contribution in [0.25, 0.3) is 0 Å². The second kappa shape index (κ2) is 5.20. The first kappa shape index (κ1) is 14.5. The summed E-state index contributed by atoms with van der Waals surface area (Å²) in [5.74, 6) is -1.34. The summed E-state index contributed by atoms with van der Waals surface area (Å²) in [6.45, 7) is 3.23. The Kier molecular flexibility index (Phi) is 3.76. The topological polar surface area (TPSA) is 46.2 Å². The average Bonchev–Trinajstić information content (AvgIpc) is 2.35. The highest BCUT2D eigenvalue weighted by Crippen LogP contribution is 2.22. The third kappa shape index (κ3) is 2.96. The fraction of sp³-hybridized carbons (Fsp3) is 0.143. The lowest BCUT2D eigenvalue weighted by molar-refractivity contribution is 0.592. The van der Waals surface area contributed by atoms with Gasteiger partial charge in [-0.15, -0.1) is 0 Å². The average molecular weight is 297 g/mol. The Bertz CT molecular complexity index is 758. The summed E-state index contributed by atoms with van der Waals surface area (Å²) in [6, 6.07) is 7.56. The molecule has 0 atom stereocenters. The van der Waals surface area contributed by atoms with Crippen molar-refractivity contribution in [1.29, 1.82) is 0 Å². The predicted molar refractivity (Wildman–Crippen MR) is 73.1 cm³/mol. The van der Waals surface area contributed by atoms with Gasteiger partial charge in [-0.1, -0.05) is 12.1 Å². The van der Waals surface area contributed by atoms with Crippen LogP contribution in [0.4, 0.5) is 14.5 Å². The summed E-state index contributed by atoms with van der Waals surface area (Å²) >= 11 is 0. The Morgan fingerprint density at radius 2 is 1.70 bits per heavy atom. The summed E-state index contributed by atoms with van der Waals surface area (Å²) in [7, 11) is -4.03.